The Morgan fingerprint density at radius 1 is 1.30 bits per heavy atom. The lowest BCUT2D eigenvalue weighted by molar-refractivity contribution is -0.133. The Morgan fingerprint density at radius 3 is 2.70 bits per heavy atom. The predicted octanol–water partition coefficient (Wildman–Crippen LogP) is 0.193. The van der Waals surface area contributed by atoms with Crippen LogP contribution in [0.2, 0.25) is 0 Å². The van der Waals surface area contributed by atoms with E-state index in [0.29, 0.717) is 36.9 Å². The number of hydrogen-bond donors (Lipinski definition) is 2. The number of rotatable bonds is 5. The molecule has 0 radical (unpaired) electrons. The molecular formula is C15H27N7O. The van der Waals surface area contributed by atoms with E-state index in [9.17, 15) is 4.79 Å². The molecule has 128 valence electrons. The molecule has 2 fully saturated rings. The molecule has 8 heteroatoms. The molecule has 2 aliphatic rings. The van der Waals surface area contributed by atoms with Crippen molar-refractivity contribution in [2.24, 2.45) is 11.8 Å². The second-order valence-electron chi connectivity index (χ2n) is 7.02. The third kappa shape index (κ3) is 4.06. The van der Waals surface area contributed by atoms with Crippen LogP contribution in [0.25, 0.3) is 0 Å². The summed E-state index contributed by atoms with van der Waals surface area (Å²) in [7, 11) is 0. The molecule has 0 saturated carbocycles. The average molecular weight is 321 g/mol. The number of amides is 1. The molecule has 3 rings (SSSR count). The van der Waals surface area contributed by atoms with Crippen molar-refractivity contribution < 1.29 is 4.79 Å². The van der Waals surface area contributed by atoms with Gasteiger partial charge in [-0.2, -0.15) is 0 Å². The summed E-state index contributed by atoms with van der Waals surface area (Å²) in [5.41, 5.74) is 6.89. The molecule has 0 aromatic carbocycles. The number of carbonyl (C=O) groups excluding carboxylic acids is 1. The summed E-state index contributed by atoms with van der Waals surface area (Å²) in [5.74, 6) is 1.52. The van der Waals surface area contributed by atoms with Crippen LogP contribution in [0.4, 0.5) is 0 Å². The summed E-state index contributed by atoms with van der Waals surface area (Å²) in [5, 5.41) is 10.9. The molecule has 1 amide bonds. The van der Waals surface area contributed by atoms with Gasteiger partial charge >= 0.3 is 0 Å². The van der Waals surface area contributed by atoms with Gasteiger partial charge in [-0.05, 0) is 41.5 Å². The molecule has 8 nitrogen and oxygen atoms in total. The van der Waals surface area contributed by atoms with E-state index in [1.54, 1.807) is 11.0 Å². The van der Waals surface area contributed by atoms with Crippen molar-refractivity contribution in [3.8, 4) is 0 Å². The molecule has 2 saturated heterocycles. The summed E-state index contributed by atoms with van der Waals surface area (Å²) in [4.78, 5) is 14.3. The highest BCUT2D eigenvalue weighted by molar-refractivity contribution is 5.76. The zero-order chi connectivity index (χ0) is 16.2. The maximum atomic E-state index is 12.3. The van der Waals surface area contributed by atoms with Gasteiger partial charge in [0.25, 0.3) is 0 Å². The van der Waals surface area contributed by atoms with Crippen molar-refractivity contribution >= 4 is 5.91 Å². The van der Waals surface area contributed by atoms with Crippen LogP contribution in [-0.4, -0.2) is 56.2 Å². The first-order valence-corrected chi connectivity index (χ1v) is 8.63. The van der Waals surface area contributed by atoms with Crippen LogP contribution in [0.15, 0.2) is 6.33 Å². The van der Waals surface area contributed by atoms with Crippen LogP contribution in [0, 0.1) is 11.8 Å². The van der Waals surface area contributed by atoms with Crippen molar-refractivity contribution in [3.05, 3.63) is 6.33 Å². The lowest BCUT2D eigenvalue weighted by Gasteiger charge is -2.34. The Morgan fingerprint density at radius 2 is 2.09 bits per heavy atom. The van der Waals surface area contributed by atoms with Crippen LogP contribution in [0.3, 0.4) is 0 Å². The Bertz CT molecular complexity index is 496. The smallest absolute Gasteiger partial charge is 0.224 e. The summed E-state index contributed by atoms with van der Waals surface area (Å²) >= 11 is 0. The van der Waals surface area contributed by atoms with Gasteiger partial charge in [-0.15, -0.1) is 5.10 Å². The Kier molecular flexibility index (Phi) is 5.22. The third-order valence-corrected chi connectivity index (χ3v) is 5.17. The number of nitrogens with one attached hydrogen (secondary N) is 2. The lowest BCUT2D eigenvalue weighted by Crippen LogP contribution is -2.45. The standard InChI is InChI=1S/C15H27N7O/c1-11(2)13-9-14(18-17-13)12-3-6-21(7-4-12)15(23)5-8-22-10-16-19-20-22/h10-14,17-18H,3-9H2,1-2H3. The molecule has 2 atom stereocenters. The molecule has 0 aliphatic carbocycles. The largest absolute Gasteiger partial charge is 0.343 e. The van der Waals surface area contributed by atoms with Crippen molar-refractivity contribution in [1.82, 2.24) is 36.0 Å². The quantitative estimate of drug-likeness (QED) is 0.805. The fourth-order valence-electron chi connectivity index (χ4n) is 3.56. The second-order valence-corrected chi connectivity index (χ2v) is 7.02. The molecule has 1 aromatic rings. The number of likely N-dealkylation sites (tertiary alicyclic amines) is 1. The second kappa shape index (κ2) is 7.35. The van der Waals surface area contributed by atoms with Crippen LogP contribution in [0.5, 0.6) is 0 Å². The highest BCUT2D eigenvalue weighted by Gasteiger charge is 2.34. The summed E-state index contributed by atoms with van der Waals surface area (Å²) in [6.45, 7) is 6.80. The number of hydrogen-bond acceptors (Lipinski definition) is 6. The normalized spacial score (nSPS) is 26.1. The first-order chi connectivity index (χ1) is 11.1. The van der Waals surface area contributed by atoms with Gasteiger partial charge in [-0.25, -0.2) is 4.68 Å². The van der Waals surface area contributed by atoms with Crippen LogP contribution >= 0.6 is 0 Å². The van der Waals surface area contributed by atoms with Gasteiger partial charge < -0.3 is 4.90 Å². The molecular weight excluding hydrogens is 294 g/mol. The van der Waals surface area contributed by atoms with Gasteiger partial charge in [0.1, 0.15) is 6.33 Å². The fourth-order valence-corrected chi connectivity index (χ4v) is 3.56. The Labute approximate surface area is 137 Å². The van der Waals surface area contributed by atoms with Gasteiger partial charge in [0.15, 0.2) is 0 Å². The van der Waals surface area contributed by atoms with Crippen LogP contribution < -0.4 is 10.9 Å². The van der Waals surface area contributed by atoms with E-state index in [-0.39, 0.29) is 5.91 Å². The summed E-state index contributed by atoms with van der Waals surface area (Å²) in [6.07, 6.45) is 5.37. The average Bonchev–Trinajstić information content (AvgIpc) is 3.24. The zero-order valence-electron chi connectivity index (χ0n) is 14.0. The first-order valence-electron chi connectivity index (χ1n) is 8.63. The topological polar surface area (TPSA) is 88.0 Å². The zero-order valence-corrected chi connectivity index (χ0v) is 14.0. The molecule has 1 aromatic heterocycles. The van der Waals surface area contributed by atoms with Crippen molar-refractivity contribution in [1.29, 1.82) is 0 Å². The van der Waals surface area contributed by atoms with E-state index in [4.69, 9.17) is 0 Å². The first kappa shape index (κ1) is 16.3. The maximum Gasteiger partial charge on any atom is 0.224 e. The van der Waals surface area contributed by atoms with E-state index in [1.165, 1.54) is 6.42 Å². The minimum Gasteiger partial charge on any atom is -0.343 e. The highest BCUT2D eigenvalue weighted by Crippen LogP contribution is 2.27. The van der Waals surface area contributed by atoms with E-state index in [1.807, 2.05) is 4.90 Å². The summed E-state index contributed by atoms with van der Waals surface area (Å²) < 4.78 is 1.60. The molecule has 2 N–H and O–H groups in total. The number of piperidine rings is 1. The number of nitrogens with zero attached hydrogens (tertiary/aromatic N) is 5. The van der Waals surface area contributed by atoms with E-state index >= 15 is 0 Å². The van der Waals surface area contributed by atoms with Gasteiger partial charge in [0.2, 0.25) is 5.91 Å². The van der Waals surface area contributed by atoms with E-state index < -0.39 is 0 Å². The number of carbonyl (C=O) groups is 1. The van der Waals surface area contributed by atoms with Crippen LogP contribution in [-0.2, 0) is 11.3 Å². The van der Waals surface area contributed by atoms with Crippen molar-refractivity contribution in [2.75, 3.05) is 13.1 Å². The highest BCUT2D eigenvalue weighted by atomic mass is 16.2. The molecule has 0 bridgehead atoms. The molecule has 2 unspecified atom stereocenters. The Balaban J connectivity index is 1.40. The van der Waals surface area contributed by atoms with Gasteiger partial charge in [0.05, 0.1) is 6.54 Å². The van der Waals surface area contributed by atoms with Crippen molar-refractivity contribution in [2.45, 2.75) is 58.2 Å². The van der Waals surface area contributed by atoms with E-state index in [2.05, 4.69) is 40.2 Å². The summed E-state index contributed by atoms with van der Waals surface area (Å²) in [6, 6.07) is 1.11. The molecule has 2 aliphatic heterocycles. The number of hydrazine groups is 1. The van der Waals surface area contributed by atoms with Gasteiger partial charge in [-0.3, -0.25) is 15.6 Å². The number of tetrazole rings is 1. The Hall–Kier alpha value is -1.54. The molecule has 23 heavy (non-hydrogen) atoms. The minimum absolute atomic E-state index is 0.205. The third-order valence-electron chi connectivity index (χ3n) is 5.17. The van der Waals surface area contributed by atoms with Gasteiger partial charge in [0, 0.05) is 31.6 Å². The number of aryl methyl sites for hydroxylation is 1. The minimum atomic E-state index is 0.205. The van der Waals surface area contributed by atoms with Gasteiger partial charge in [-0.1, -0.05) is 13.8 Å². The molecule has 3 heterocycles. The predicted molar refractivity (Wildman–Crippen MR) is 85.0 cm³/mol. The number of aromatic nitrogens is 4. The van der Waals surface area contributed by atoms with Crippen molar-refractivity contribution in [3.63, 3.8) is 0 Å². The molecule has 0 spiro atoms. The lowest BCUT2D eigenvalue weighted by atomic mass is 9.85. The maximum absolute atomic E-state index is 12.3. The monoisotopic (exact) mass is 321 g/mol. The van der Waals surface area contributed by atoms with E-state index in [0.717, 1.165) is 25.9 Å². The van der Waals surface area contributed by atoms with Crippen LogP contribution in [0.1, 0.15) is 39.5 Å². The fraction of sp³-hybridized carbons (Fsp3) is 0.867. The SMILES string of the molecule is CC(C)C1CC(C2CCN(C(=O)CCn3cnnn3)CC2)NN1.